The first-order valence-electron chi connectivity index (χ1n) is 13.3. The van der Waals surface area contributed by atoms with Crippen LogP contribution in [0.4, 0.5) is 13.2 Å². The molecule has 3 aromatic carbocycles. The SMILES string of the molecule is CNC(=O)c1ccc(C(OCCCCCCNC(=O)C(F)(F)F)(c2ccc(OC)cc2)c2ccc(OC)cc2)cc1. The van der Waals surface area contributed by atoms with Gasteiger partial charge in [-0.1, -0.05) is 49.2 Å². The zero-order chi connectivity index (χ0) is 29.9. The topological polar surface area (TPSA) is 85.9 Å². The molecule has 2 N–H and O–H groups in total. The van der Waals surface area contributed by atoms with E-state index in [-0.39, 0.29) is 12.5 Å². The second-order valence-electron chi connectivity index (χ2n) is 9.31. The number of ether oxygens (including phenoxy) is 3. The largest absolute Gasteiger partial charge is 0.497 e. The molecule has 3 aromatic rings. The molecule has 0 radical (unpaired) electrons. The number of halogens is 3. The van der Waals surface area contributed by atoms with Gasteiger partial charge in [-0.15, -0.1) is 0 Å². The number of nitrogens with one attached hydrogen (secondary N) is 2. The van der Waals surface area contributed by atoms with E-state index in [0.29, 0.717) is 49.4 Å². The molecule has 0 aliphatic carbocycles. The molecule has 10 heteroatoms. The van der Waals surface area contributed by atoms with Gasteiger partial charge >= 0.3 is 12.1 Å². The van der Waals surface area contributed by atoms with Crippen LogP contribution >= 0.6 is 0 Å². The number of rotatable bonds is 14. The molecule has 0 spiro atoms. The molecule has 0 saturated carbocycles. The van der Waals surface area contributed by atoms with E-state index in [0.717, 1.165) is 16.7 Å². The normalized spacial score (nSPS) is 11.6. The molecule has 0 aliphatic heterocycles. The van der Waals surface area contributed by atoms with Crippen molar-refractivity contribution in [1.29, 1.82) is 0 Å². The molecule has 2 amide bonds. The van der Waals surface area contributed by atoms with Crippen LogP contribution in [0.1, 0.15) is 52.7 Å². The molecule has 0 bridgehead atoms. The number of hydrogen-bond donors (Lipinski definition) is 2. The van der Waals surface area contributed by atoms with E-state index in [4.69, 9.17) is 14.2 Å². The number of amides is 2. The van der Waals surface area contributed by atoms with Crippen molar-refractivity contribution in [2.75, 3.05) is 34.4 Å². The summed E-state index contributed by atoms with van der Waals surface area (Å²) in [7, 11) is 4.76. The van der Waals surface area contributed by atoms with E-state index in [1.807, 2.05) is 66.0 Å². The highest BCUT2D eigenvalue weighted by molar-refractivity contribution is 5.94. The fourth-order valence-electron chi connectivity index (χ4n) is 4.51. The number of unbranched alkanes of at least 4 members (excludes halogenated alkanes) is 3. The average Bonchev–Trinajstić information content (AvgIpc) is 3.00. The van der Waals surface area contributed by atoms with Gasteiger partial charge in [0.1, 0.15) is 17.1 Å². The van der Waals surface area contributed by atoms with E-state index >= 15 is 0 Å². The Balaban J connectivity index is 1.88. The zero-order valence-electron chi connectivity index (χ0n) is 23.3. The van der Waals surface area contributed by atoms with E-state index in [2.05, 4.69) is 5.32 Å². The molecule has 0 fully saturated rings. The number of benzene rings is 3. The van der Waals surface area contributed by atoms with E-state index in [1.165, 1.54) is 0 Å². The highest BCUT2D eigenvalue weighted by Gasteiger charge is 2.39. The lowest BCUT2D eigenvalue weighted by Crippen LogP contribution is -2.37. The molecular formula is C31H35F3N2O5. The molecule has 3 rings (SSSR count). The maximum Gasteiger partial charge on any atom is 0.471 e. The molecule has 0 unspecified atom stereocenters. The van der Waals surface area contributed by atoms with Crippen LogP contribution in [0.5, 0.6) is 11.5 Å². The van der Waals surface area contributed by atoms with Gasteiger partial charge in [-0.05, 0) is 65.9 Å². The van der Waals surface area contributed by atoms with Crippen molar-refractivity contribution in [2.24, 2.45) is 0 Å². The Hall–Kier alpha value is -4.05. The van der Waals surface area contributed by atoms with Gasteiger partial charge in [-0.2, -0.15) is 13.2 Å². The van der Waals surface area contributed by atoms with Crippen molar-refractivity contribution in [3.63, 3.8) is 0 Å². The van der Waals surface area contributed by atoms with Crippen LogP contribution in [0, 0.1) is 0 Å². The first-order chi connectivity index (χ1) is 19.6. The summed E-state index contributed by atoms with van der Waals surface area (Å²) in [5.41, 5.74) is 1.93. The highest BCUT2D eigenvalue weighted by Crippen LogP contribution is 2.42. The Bertz CT molecular complexity index is 1210. The van der Waals surface area contributed by atoms with Gasteiger partial charge in [0.05, 0.1) is 14.2 Å². The van der Waals surface area contributed by atoms with E-state index < -0.39 is 17.7 Å². The second-order valence-corrected chi connectivity index (χ2v) is 9.31. The van der Waals surface area contributed by atoms with Crippen molar-refractivity contribution in [1.82, 2.24) is 10.6 Å². The molecule has 220 valence electrons. The van der Waals surface area contributed by atoms with Crippen molar-refractivity contribution in [3.05, 3.63) is 95.1 Å². The third-order valence-electron chi connectivity index (χ3n) is 6.71. The van der Waals surface area contributed by atoms with Crippen molar-refractivity contribution < 1.29 is 37.0 Å². The summed E-state index contributed by atoms with van der Waals surface area (Å²) in [4.78, 5) is 23.2. The first-order valence-corrected chi connectivity index (χ1v) is 13.3. The molecular weight excluding hydrogens is 537 g/mol. The van der Waals surface area contributed by atoms with Crippen LogP contribution in [0.25, 0.3) is 0 Å². The Labute approximate surface area is 238 Å². The lowest BCUT2D eigenvalue weighted by Gasteiger charge is -2.36. The molecule has 0 heterocycles. The molecule has 0 saturated heterocycles. The minimum absolute atomic E-state index is 0.0431. The smallest absolute Gasteiger partial charge is 0.471 e. The molecule has 0 atom stereocenters. The van der Waals surface area contributed by atoms with Crippen LogP contribution < -0.4 is 20.1 Å². The van der Waals surface area contributed by atoms with E-state index in [9.17, 15) is 22.8 Å². The quantitative estimate of drug-likeness (QED) is 0.194. The van der Waals surface area contributed by atoms with Crippen molar-refractivity contribution in [3.8, 4) is 11.5 Å². The minimum atomic E-state index is -4.88. The Morgan fingerprint density at radius 3 is 1.61 bits per heavy atom. The van der Waals surface area contributed by atoms with Gasteiger partial charge in [-0.25, -0.2) is 0 Å². The number of alkyl halides is 3. The molecule has 0 aromatic heterocycles. The summed E-state index contributed by atoms with van der Waals surface area (Å²) in [5.74, 6) is -0.759. The van der Waals surface area contributed by atoms with Crippen LogP contribution in [0.3, 0.4) is 0 Å². The van der Waals surface area contributed by atoms with Gasteiger partial charge in [0.2, 0.25) is 0 Å². The third-order valence-corrected chi connectivity index (χ3v) is 6.71. The van der Waals surface area contributed by atoms with Crippen LogP contribution in [0.15, 0.2) is 72.8 Å². The minimum Gasteiger partial charge on any atom is -0.497 e. The van der Waals surface area contributed by atoms with Crippen LogP contribution in [-0.4, -0.2) is 52.4 Å². The number of hydrogen-bond acceptors (Lipinski definition) is 5. The van der Waals surface area contributed by atoms with Gasteiger partial charge < -0.3 is 24.8 Å². The standard InChI is InChI=1S/C31H35F3N2O5/c1-35-28(37)22-8-10-23(11-9-22)30(24-12-16-26(39-2)17-13-24,25-14-18-27(40-3)19-15-25)41-21-7-5-4-6-20-36-29(38)31(32,33)34/h8-19H,4-7,20-21H2,1-3H3,(H,35,37)(H,36,38). The predicted molar refractivity (Wildman–Crippen MR) is 149 cm³/mol. The highest BCUT2D eigenvalue weighted by atomic mass is 19.4. The molecule has 7 nitrogen and oxygen atoms in total. The maximum absolute atomic E-state index is 12.4. The fourth-order valence-corrected chi connectivity index (χ4v) is 4.51. The zero-order valence-corrected chi connectivity index (χ0v) is 23.3. The van der Waals surface area contributed by atoms with Crippen molar-refractivity contribution >= 4 is 11.8 Å². The Morgan fingerprint density at radius 1 is 0.707 bits per heavy atom. The Morgan fingerprint density at radius 2 is 1.17 bits per heavy atom. The molecule has 0 aliphatic rings. The maximum atomic E-state index is 12.4. The number of carbonyl (C=O) groups is 2. The Kier molecular flexibility index (Phi) is 11.2. The summed E-state index contributed by atoms with van der Waals surface area (Å²) in [6.45, 7) is 0.294. The van der Waals surface area contributed by atoms with Crippen molar-refractivity contribution in [2.45, 2.75) is 37.5 Å². The summed E-state index contributed by atoms with van der Waals surface area (Å²) >= 11 is 0. The lowest BCUT2D eigenvalue weighted by molar-refractivity contribution is -0.173. The van der Waals surface area contributed by atoms with Crippen LogP contribution in [-0.2, 0) is 15.1 Å². The third kappa shape index (κ3) is 8.00. The van der Waals surface area contributed by atoms with Gasteiger partial charge in [0.15, 0.2) is 0 Å². The number of methoxy groups -OCH3 is 2. The van der Waals surface area contributed by atoms with Gasteiger partial charge in [-0.3, -0.25) is 9.59 Å². The first kappa shape index (κ1) is 31.5. The monoisotopic (exact) mass is 572 g/mol. The molecule has 41 heavy (non-hydrogen) atoms. The fraction of sp³-hybridized carbons (Fsp3) is 0.355. The van der Waals surface area contributed by atoms with Gasteiger partial charge in [0.25, 0.3) is 5.91 Å². The summed E-state index contributed by atoms with van der Waals surface area (Å²) in [6.07, 6.45) is -2.50. The summed E-state index contributed by atoms with van der Waals surface area (Å²) in [5, 5.41) is 4.52. The summed E-state index contributed by atoms with van der Waals surface area (Å²) < 4.78 is 54.6. The predicted octanol–water partition coefficient (Wildman–Crippen LogP) is 5.61. The second kappa shape index (κ2) is 14.5. The number of carbonyl (C=O) groups excluding carboxylic acids is 2. The lowest BCUT2D eigenvalue weighted by atomic mass is 9.79. The van der Waals surface area contributed by atoms with E-state index in [1.54, 1.807) is 33.4 Å². The summed E-state index contributed by atoms with van der Waals surface area (Å²) in [6, 6.07) is 22.3. The van der Waals surface area contributed by atoms with Crippen LogP contribution in [0.2, 0.25) is 0 Å². The van der Waals surface area contributed by atoms with Gasteiger partial charge in [0, 0.05) is 25.8 Å². The average molecular weight is 573 g/mol.